The van der Waals surface area contributed by atoms with Crippen molar-refractivity contribution in [1.82, 2.24) is 20.4 Å². The number of morpholine rings is 1. The molecule has 5 rings (SSSR count). The van der Waals surface area contributed by atoms with Crippen LogP contribution in [0.25, 0.3) is 20.4 Å². The van der Waals surface area contributed by atoms with Gasteiger partial charge in [0.2, 0.25) is 0 Å². The lowest BCUT2D eigenvalue weighted by Crippen LogP contribution is -2.36. The Morgan fingerprint density at radius 1 is 0.920 bits per heavy atom. The number of fused-ring (bicyclic) bond motifs is 3. The quantitative estimate of drug-likeness (QED) is 0.699. The van der Waals surface area contributed by atoms with Crippen LogP contribution in [0.15, 0.2) is 12.1 Å². The molecule has 7 nitrogen and oxygen atoms in total. The van der Waals surface area contributed by atoms with Gasteiger partial charge in [-0.15, -0.1) is 21.5 Å². The van der Waals surface area contributed by atoms with Crippen LogP contribution in [-0.4, -0.2) is 59.8 Å². The lowest BCUT2D eigenvalue weighted by molar-refractivity contribution is 0.122. The third kappa shape index (κ3) is 2.69. The van der Waals surface area contributed by atoms with E-state index >= 15 is 0 Å². The Bertz CT molecular complexity index is 901. The first-order valence-electron chi connectivity index (χ1n) is 8.90. The summed E-state index contributed by atoms with van der Waals surface area (Å²) in [5, 5.41) is 13.8. The van der Waals surface area contributed by atoms with Crippen molar-refractivity contribution in [2.45, 2.75) is 19.3 Å². The second kappa shape index (κ2) is 6.34. The summed E-state index contributed by atoms with van der Waals surface area (Å²) in [4.78, 5) is 10.5. The van der Waals surface area contributed by atoms with E-state index in [0.29, 0.717) is 0 Å². The van der Waals surface area contributed by atoms with E-state index in [1.54, 1.807) is 11.3 Å². The van der Waals surface area contributed by atoms with Crippen molar-refractivity contribution in [1.29, 1.82) is 0 Å². The number of rotatable bonds is 2. The van der Waals surface area contributed by atoms with Crippen molar-refractivity contribution >= 4 is 43.4 Å². The van der Waals surface area contributed by atoms with E-state index in [-0.39, 0.29) is 0 Å². The van der Waals surface area contributed by atoms with Crippen LogP contribution in [0.2, 0.25) is 0 Å². The molecule has 0 bridgehead atoms. The topological polar surface area (TPSA) is 67.3 Å². The van der Waals surface area contributed by atoms with Crippen molar-refractivity contribution in [3.8, 4) is 0 Å². The predicted octanol–water partition coefficient (Wildman–Crippen LogP) is 2.46. The molecular weight excluding hydrogens is 336 g/mol. The zero-order chi connectivity index (χ0) is 16.6. The number of piperidine rings is 1. The molecule has 2 aliphatic heterocycles. The first-order valence-corrected chi connectivity index (χ1v) is 9.72. The van der Waals surface area contributed by atoms with Gasteiger partial charge in [0.05, 0.1) is 13.2 Å². The maximum absolute atomic E-state index is 5.44. The van der Waals surface area contributed by atoms with E-state index in [4.69, 9.17) is 9.72 Å². The highest BCUT2D eigenvalue weighted by atomic mass is 32.1. The minimum atomic E-state index is 0.765. The third-order valence-corrected chi connectivity index (χ3v) is 6.08. The van der Waals surface area contributed by atoms with E-state index < -0.39 is 0 Å². The lowest BCUT2D eigenvalue weighted by Gasteiger charge is -2.27. The molecular formula is C17H20N6OS. The Balaban J connectivity index is 1.59. The summed E-state index contributed by atoms with van der Waals surface area (Å²) in [5.41, 5.74) is 0.927. The largest absolute Gasteiger partial charge is 0.378 e. The summed E-state index contributed by atoms with van der Waals surface area (Å²) < 4.78 is 6.55. The van der Waals surface area contributed by atoms with Crippen LogP contribution in [0, 0.1) is 0 Å². The summed E-state index contributed by atoms with van der Waals surface area (Å²) in [5.74, 6) is 1.99. The first kappa shape index (κ1) is 15.2. The summed E-state index contributed by atoms with van der Waals surface area (Å²) in [6.07, 6.45) is 3.74. The van der Waals surface area contributed by atoms with Crippen molar-refractivity contribution in [2.75, 3.05) is 49.2 Å². The molecule has 2 aliphatic rings. The highest BCUT2D eigenvalue weighted by Crippen LogP contribution is 2.37. The summed E-state index contributed by atoms with van der Waals surface area (Å²) in [7, 11) is 0. The van der Waals surface area contributed by atoms with Crippen molar-refractivity contribution < 1.29 is 4.74 Å². The van der Waals surface area contributed by atoms with Crippen LogP contribution in [-0.2, 0) is 4.74 Å². The molecule has 5 heterocycles. The van der Waals surface area contributed by atoms with Gasteiger partial charge in [-0.05, 0) is 36.6 Å². The van der Waals surface area contributed by atoms with E-state index in [1.807, 2.05) is 0 Å². The molecule has 0 aliphatic carbocycles. The molecule has 2 fully saturated rings. The SMILES string of the molecule is c1cc2c(nc1N1CCOCC1)sc1c(N3CCCCC3)nnnc12. The zero-order valence-corrected chi connectivity index (χ0v) is 14.8. The van der Waals surface area contributed by atoms with Crippen molar-refractivity contribution in [3.63, 3.8) is 0 Å². The number of pyridine rings is 1. The number of hydrogen-bond donors (Lipinski definition) is 0. The Morgan fingerprint density at radius 3 is 2.60 bits per heavy atom. The summed E-state index contributed by atoms with van der Waals surface area (Å²) in [6, 6.07) is 4.21. The number of hydrogen-bond acceptors (Lipinski definition) is 8. The monoisotopic (exact) mass is 356 g/mol. The van der Waals surface area contributed by atoms with Gasteiger partial charge in [-0.1, -0.05) is 0 Å². The number of aromatic nitrogens is 4. The van der Waals surface area contributed by atoms with Gasteiger partial charge in [-0.3, -0.25) is 0 Å². The van der Waals surface area contributed by atoms with E-state index in [2.05, 4.69) is 37.3 Å². The van der Waals surface area contributed by atoms with Gasteiger partial charge >= 0.3 is 0 Å². The fourth-order valence-electron chi connectivity index (χ4n) is 3.64. The van der Waals surface area contributed by atoms with E-state index in [9.17, 15) is 0 Å². The molecule has 0 amide bonds. The Hall–Kier alpha value is -2.06. The molecule has 0 N–H and O–H groups in total. The Labute approximate surface area is 149 Å². The van der Waals surface area contributed by atoms with Gasteiger partial charge < -0.3 is 14.5 Å². The highest BCUT2D eigenvalue weighted by Gasteiger charge is 2.21. The second-order valence-electron chi connectivity index (χ2n) is 6.56. The van der Waals surface area contributed by atoms with Crippen molar-refractivity contribution in [2.24, 2.45) is 0 Å². The number of thiophene rings is 1. The number of ether oxygens (including phenoxy) is 1. The van der Waals surface area contributed by atoms with Gasteiger partial charge in [-0.25, -0.2) is 4.98 Å². The van der Waals surface area contributed by atoms with Crippen LogP contribution < -0.4 is 9.80 Å². The second-order valence-corrected chi connectivity index (χ2v) is 7.56. The zero-order valence-electron chi connectivity index (χ0n) is 14.0. The molecule has 130 valence electrons. The van der Waals surface area contributed by atoms with Crippen molar-refractivity contribution in [3.05, 3.63) is 12.1 Å². The summed E-state index contributed by atoms with van der Waals surface area (Å²) in [6.45, 7) is 5.41. The summed E-state index contributed by atoms with van der Waals surface area (Å²) >= 11 is 1.68. The molecule has 3 aromatic rings. The lowest BCUT2D eigenvalue weighted by atomic mass is 10.1. The number of nitrogens with zero attached hydrogens (tertiary/aromatic N) is 6. The molecule has 3 aromatic heterocycles. The van der Waals surface area contributed by atoms with Gasteiger partial charge in [0.1, 0.15) is 20.9 Å². The van der Waals surface area contributed by atoms with Gasteiger partial charge in [0.15, 0.2) is 5.82 Å². The van der Waals surface area contributed by atoms with Gasteiger partial charge in [-0.2, -0.15) is 0 Å². The van der Waals surface area contributed by atoms with Crippen LogP contribution >= 0.6 is 11.3 Å². The minimum Gasteiger partial charge on any atom is -0.378 e. The average Bonchev–Trinajstić information content (AvgIpc) is 3.07. The van der Waals surface area contributed by atoms with Crippen LogP contribution in [0.3, 0.4) is 0 Å². The molecule has 0 aromatic carbocycles. The molecule has 0 saturated carbocycles. The highest BCUT2D eigenvalue weighted by molar-refractivity contribution is 7.25. The molecule has 2 saturated heterocycles. The van der Waals surface area contributed by atoms with E-state index in [1.165, 1.54) is 19.3 Å². The normalized spacial score (nSPS) is 19.0. The van der Waals surface area contributed by atoms with Gasteiger partial charge in [0, 0.05) is 31.6 Å². The van der Waals surface area contributed by atoms with E-state index in [0.717, 1.165) is 71.5 Å². The minimum absolute atomic E-state index is 0.765. The average molecular weight is 356 g/mol. The maximum Gasteiger partial charge on any atom is 0.172 e. The fourth-order valence-corrected chi connectivity index (χ4v) is 4.76. The third-order valence-electron chi connectivity index (χ3n) is 4.99. The molecule has 0 unspecified atom stereocenters. The smallest absolute Gasteiger partial charge is 0.172 e. The Morgan fingerprint density at radius 2 is 1.76 bits per heavy atom. The van der Waals surface area contributed by atoms with Crippen LogP contribution in [0.4, 0.5) is 11.6 Å². The molecule has 0 atom stereocenters. The molecule has 0 radical (unpaired) electrons. The standard InChI is InChI=1S/C17H20N6OS/c1-2-6-23(7-3-1)16-15-14(19-21-20-16)12-4-5-13(18-17(12)25-15)22-8-10-24-11-9-22/h4-5H,1-3,6-11H2. The molecule has 25 heavy (non-hydrogen) atoms. The predicted molar refractivity (Wildman–Crippen MR) is 99.6 cm³/mol. The van der Waals surface area contributed by atoms with Crippen LogP contribution in [0.5, 0.6) is 0 Å². The maximum atomic E-state index is 5.44. The molecule has 0 spiro atoms. The Kier molecular flexibility index (Phi) is 3.86. The van der Waals surface area contributed by atoms with Gasteiger partial charge in [0.25, 0.3) is 0 Å². The fraction of sp³-hybridized carbons (Fsp3) is 0.529. The number of anilines is 2. The van der Waals surface area contributed by atoms with Crippen LogP contribution in [0.1, 0.15) is 19.3 Å². The molecule has 8 heteroatoms. The first-order chi connectivity index (χ1) is 12.4.